The summed E-state index contributed by atoms with van der Waals surface area (Å²) in [6.07, 6.45) is 6.69. The van der Waals surface area contributed by atoms with Crippen LogP contribution in [0.4, 0.5) is 0 Å². The summed E-state index contributed by atoms with van der Waals surface area (Å²) in [7, 11) is 0. The molecule has 90 valence electrons. The van der Waals surface area contributed by atoms with Gasteiger partial charge in [-0.15, -0.1) is 11.6 Å². The van der Waals surface area contributed by atoms with E-state index in [1.54, 1.807) is 0 Å². The summed E-state index contributed by atoms with van der Waals surface area (Å²) >= 11 is 8.11. The lowest BCUT2D eigenvalue weighted by molar-refractivity contribution is 0.322. The van der Waals surface area contributed by atoms with E-state index in [0.29, 0.717) is 5.41 Å². The van der Waals surface area contributed by atoms with Gasteiger partial charge in [0.2, 0.25) is 0 Å². The molecule has 0 atom stereocenters. The smallest absolute Gasteiger partial charge is 0.0292 e. The fourth-order valence-corrected chi connectivity index (χ4v) is 3.28. The zero-order chi connectivity index (χ0) is 11.0. The van der Waals surface area contributed by atoms with Gasteiger partial charge in [-0.05, 0) is 42.7 Å². The number of nitrogens with one attached hydrogen (secondary N) is 1. The molecule has 1 fully saturated rings. The Bertz CT molecular complexity index is 158. The fourth-order valence-electron chi connectivity index (χ4n) is 2.28. The average Bonchev–Trinajstić information content (AvgIpc) is 2.73. The van der Waals surface area contributed by atoms with Gasteiger partial charge < -0.3 is 5.32 Å². The van der Waals surface area contributed by atoms with Crippen molar-refractivity contribution < 1.29 is 0 Å². The molecule has 1 rings (SSSR count). The van der Waals surface area contributed by atoms with Crippen LogP contribution in [0.3, 0.4) is 0 Å². The summed E-state index contributed by atoms with van der Waals surface area (Å²) < 4.78 is 0. The number of rotatable bonds is 8. The van der Waals surface area contributed by atoms with Gasteiger partial charge in [-0.1, -0.05) is 19.8 Å². The maximum Gasteiger partial charge on any atom is 0.0292 e. The van der Waals surface area contributed by atoms with Gasteiger partial charge in [-0.3, -0.25) is 0 Å². The summed E-state index contributed by atoms with van der Waals surface area (Å²) in [5.74, 6) is 3.37. The minimum atomic E-state index is 0.430. The topological polar surface area (TPSA) is 12.0 Å². The van der Waals surface area contributed by atoms with Gasteiger partial charge in [0.15, 0.2) is 0 Å². The predicted octanol–water partition coefficient (Wildman–Crippen LogP) is 3.52. The third-order valence-electron chi connectivity index (χ3n) is 3.29. The van der Waals surface area contributed by atoms with Crippen molar-refractivity contribution >= 4 is 23.4 Å². The van der Waals surface area contributed by atoms with Crippen LogP contribution < -0.4 is 5.32 Å². The number of thioether (sulfide) groups is 1. The van der Waals surface area contributed by atoms with Gasteiger partial charge in [0.05, 0.1) is 0 Å². The van der Waals surface area contributed by atoms with Crippen molar-refractivity contribution in [2.24, 2.45) is 5.41 Å². The number of halogens is 1. The third-order valence-corrected chi connectivity index (χ3v) is 4.85. The molecule has 0 bridgehead atoms. The Morgan fingerprint density at radius 2 is 2.07 bits per heavy atom. The van der Waals surface area contributed by atoms with E-state index >= 15 is 0 Å². The summed E-state index contributed by atoms with van der Waals surface area (Å²) in [5, 5.41) is 3.58. The standard InChI is InChI=1S/C12H24ClNS/c1-2-15-9-5-8-14-11-12(10-13)6-3-4-7-12/h14H,2-11H2,1H3. The summed E-state index contributed by atoms with van der Waals surface area (Å²) in [4.78, 5) is 0. The maximum absolute atomic E-state index is 6.08. The quantitative estimate of drug-likeness (QED) is 0.522. The predicted molar refractivity (Wildman–Crippen MR) is 72.1 cm³/mol. The molecule has 0 unspecified atom stereocenters. The van der Waals surface area contributed by atoms with Gasteiger partial charge in [0, 0.05) is 12.4 Å². The minimum absolute atomic E-state index is 0.430. The van der Waals surface area contributed by atoms with Crippen LogP contribution in [0.15, 0.2) is 0 Å². The molecule has 0 spiro atoms. The average molecular weight is 250 g/mol. The van der Waals surface area contributed by atoms with Crippen LogP contribution in [0.5, 0.6) is 0 Å². The molecule has 0 radical (unpaired) electrons. The van der Waals surface area contributed by atoms with Crippen molar-refractivity contribution in [3.63, 3.8) is 0 Å². The molecule has 15 heavy (non-hydrogen) atoms. The fraction of sp³-hybridized carbons (Fsp3) is 1.00. The monoisotopic (exact) mass is 249 g/mol. The van der Waals surface area contributed by atoms with Crippen LogP contribution >= 0.6 is 23.4 Å². The Morgan fingerprint density at radius 1 is 1.33 bits per heavy atom. The Hall–Kier alpha value is 0.600. The Kier molecular flexibility index (Phi) is 7.11. The van der Waals surface area contributed by atoms with Crippen molar-refractivity contribution in [2.45, 2.75) is 39.0 Å². The SMILES string of the molecule is CCSCCCNCC1(CCl)CCCC1. The Balaban J connectivity index is 2.02. The normalized spacial score (nSPS) is 19.6. The highest BCUT2D eigenvalue weighted by atomic mass is 35.5. The molecule has 1 N–H and O–H groups in total. The van der Waals surface area contributed by atoms with Crippen LogP contribution in [0.25, 0.3) is 0 Å². The molecule has 1 aliphatic carbocycles. The van der Waals surface area contributed by atoms with Crippen LogP contribution in [0.2, 0.25) is 0 Å². The highest BCUT2D eigenvalue weighted by Gasteiger charge is 2.32. The van der Waals surface area contributed by atoms with Gasteiger partial charge >= 0.3 is 0 Å². The number of hydrogen-bond donors (Lipinski definition) is 1. The number of alkyl halides is 1. The summed E-state index contributed by atoms with van der Waals surface area (Å²) in [6, 6.07) is 0. The van der Waals surface area contributed by atoms with E-state index in [1.165, 1.54) is 43.6 Å². The Labute approximate surface area is 104 Å². The zero-order valence-corrected chi connectivity index (χ0v) is 11.4. The molecule has 0 saturated heterocycles. The molecule has 0 aromatic heterocycles. The van der Waals surface area contributed by atoms with E-state index in [1.807, 2.05) is 11.8 Å². The van der Waals surface area contributed by atoms with E-state index in [9.17, 15) is 0 Å². The van der Waals surface area contributed by atoms with E-state index in [0.717, 1.165) is 19.0 Å². The molecular formula is C12H24ClNS. The summed E-state index contributed by atoms with van der Waals surface area (Å²) in [5.41, 5.74) is 0.430. The van der Waals surface area contributed by atoms with Gasteiger partial charge in [-0.2, -0.15) is 11.8 Å². The molecule has 0 aromatic rings. The molecule has 0 heterocycles. The maximum atomic E-state index is 6.08. The van der Waals surface area contributed by atoms with Gasteiger partial charge in [0.25, 0.3) is 0 Å². The zero-order valence-electron chi connectivity index (χ0n) is 9.86. The number of hydrogen-bond acceptors (Lipinski definition) is 2. The van der Waals surface area contributed by atoms with E-state index in [2.05, 4.69) is 12.2 Å². The molecule has 0 aliphatic heterocycles. The van der Waals surface area contributed by atoms with Crippen molar-refractivity contribution in [1.29, 1.82) is 0 Å². The molecule has 1 saturated carbocycles. The first-order valence-corrected chi connectivity index (χ1v) is 7.86. The highest BCUT2D eigenvalue weighted by molar-refractivity contribution is 7.99. The van der Waals surface area contributed by atoms with Crippen molar-refractivity contribution in [3.8, 4) is 0 Å². The first-order chi connectivity index (χ1) is 7.33. The summed E-state index contributed by atoms with van der Waals surface area (Å²) in [6.45, 7) is 4.51. The van der Waals surface area contributed by atoms with E-state index in [4.69, 9.17) is 11.6 Å². The molecule has 1 nitrogen and oxygen atoms in total. The van der Waals surface area contributed by atoms with E-state index < -0.39 is 0 Å². The highest BCUT2D eigenvalue weighted by Crippen LogP contribution is 2.38. The van der Waals surface area contributed by atoms with Crippen LogP contribution in [0.1, 0.15) is 39.0 Å². The second-order valence-electron chi connectivity index (χ2n) is 4.57. The first-order valence-electron chi connectivity index (χ1n) is 6.17. The molecular weight excluding hydrogens is 226 g/mol. The lowest BCUT2D eigenvalue weighted by Gasteiger charge is -2.26. The second kappa shape index (κ2) is 7.81. The molecule has 0 aromatic carbocycles. The van der Waals surface area contributed by atoms with Crippen LogP contribution in [0, 0.1) is 5.41 Å². The van der Waals surface area contributed by atoms with Crippen molar-refractivity contribution in [1.82, 2.24) is 5.32 Å². The van der Waals surface area contributed by atoms with Gasteiger partial charge in [-0.25, -0.2) is 0 Å². The second-order valence-corrected chi connectivity index (χ2v) is 6.23. The van der Waals surface area contributed by atoms with Crippen LogP contribution in [-0.4, -0.2) is 30.5 Å². The van der Waals surface area contributed by atoms with Crippen LogP contribution in [-0.2, 0) is 0 Å². The first kappa shape index (κ1) is 13.7. The molecule has 3 heteroatoms. The third kappa shape index (κ3) is 4.97. The lowest BCUT2D eigenvalue weighted by Crippen LogP contribution is -2.34. The lowest BCUT2D eigenvalue weighted by atomic mass is 9.88. The van der Waals surface area contributed by atoms with Crippen molar-refractivity contribution in [2.75, 3.05) is 30.5 Å². The molecule has 1 aliphatic rings. The van der Waals surface area contributed by atoms with Crippen molar-refractivity contribution in [3.05, 3.63) is 0 Å². The Morgan fingerprint density at radius 3 is 2.67 bits per heavy atom. The largest absolute Gasteiger partial charge is 0.316 e. The minimum Gasteiger partial charge on any atom is -0.316 e. The van der Waals surface area contributed by atoms with E-state index in [-0.39, 0.29) is 0 Å². The molecule has 0 amide bonds. The van der Waals surface area contributed by atoms with Gasteiger partial charge in [0.1, 0.15) is 0 Å².